The van der Waals surface area contributed by atoms with E-state index in [0.717, 1.165) is 24.6 Å². The minimum atomic E-state index is 0.247. The molecule has 4 nitrogen and oxygen atoms in total. The first-order chi connectivity index (χ1) is 7.75. The number of hydrogen-bond donors (Lipinski definition) is 1. The normalized spacial score (nSPS) is 12.9. The smallest absolute Gasteiger partial charge is 0.120 e. The fourth-order valence-corrected chi connectivity index (χ4v) is 1.62. The van der Waals surface area contributed by atoms with E-state index in [2.05, 4.69) is 17.2 Å². The van der Waals surface area contributed by atoms with Gasteiger partial charge in [-0.05, 0) is 26.0 Å². The molecule has 86 valence electrons. The van der Waals surface area contributed by atoms with Crippen molar-refractivity contribution in [1.29, 1.82) is 0 Å². The van der Waals surface area contributed by atoms with E-state index in [-0.39, 0.29) is 6.04 Å². The Kier molecular flexibility index (Phi) is 3.41. The summed E-state index contributed by atoms with van der Waals surface area (Å²) in [4.78, 5) is 4.00. The van der Waals surface area contributed by atoms with Crippen LogP contribution in [0.3, 0.4) is 0 Å². The van der Waals surface area contributed by atoms with E-state index < -0.39 is 0 Å². The summed E-state index contributed by atoms with van der Waals surface area (Å²) in [5.74, 6) is 1.95. The van der Waals surface area contributed by atoms with Crippen LogP contribution in [-0.4, -0.2) is 16.1 Å². The first kappa shape index (κ1) is 11.0. The molecule has 2 aromatic heterocycles. The van der Waals surface area contributed by atoms with Gasteiger partial charge in [0, 0.05) is 25.5 Å². The quantitative estimate of drug-likeness (QED) is 0.837. The maximum Gasteiger partial charge on any atom is 0.120 e. The molecule has 2 rings (SSSR count). The summed E-state index contributed by atoms with van der Waals surface area (Å²) in [6.45, 7) is 5.88. The first-order valence-electron chi connectivity index (χ1n) is 5.51. The van der Waals surface area contributed by atoms with Gasteiger partial charge in [-0.25, -0.2) is 4.98 Å². The molecule has 0 fully saturated rings. The van der Waals surface area contributed by atoms with Gasteiger partial charge in [0.25, 0.3) is 0 Å². The van der Waals surface area contributed by atoms with Crippen LogP contribution in [0.25, 0.3) is 0 Å². The van der Waals surface area contributed by atoms with Gasteiger partial charge in [-0.2, -0.15) is 0 Å². The molecule has 16 heavy (non-hydrogen) atoms. The molecular formula is C12H17N3O. The number of rotatable bonds is 5. The van der Waals surface area contributed by atoms with E-state index in [1.807, 2.05) is 36.1 Å². The van der Waals surface area contributed by atoms with Crippen LogP contribution >= 0.6 is 0 Å². The fourth-order valence-electron chi connectivity index (χ4n) is 1.62. The van der Waals surface area contributed by atoms with E-state index in [9.17, 15) is 0 Å². The fraction of sp³-hybridized carbons (Fsp3) is 0.417. The summed E-state index contributed by atoms with van der Waals surface area (Å²) in [6.07, 6.45) is 5.58. The zero-order chi connectivity index (χ0) is 11.4. The summed E-state index contributed by atoms with van der Waals surface area (Å²) in [7, 11) is 0. The number of hydrogen-bond acceptors (Lipinski definition) is 3. The van der Waals surface area contributed by atoms with Crippen molar-refractivity contribution in [3.05, 3.63) is 42.4 Å². The highest BCUT2D eigenvalue weighted by atomic mass is 16.3. The van der Waals surface area contributed by atoms with Crippen LogP contribution in [0.4, 0.5) is 0 Å². The van der Waals surface area contributed by atoms with Crippen molar-refractivity contribution >= 4 is 0 Å². The SMILES string of the molecule is Cc1ccc(C(C)NCCn2ccnc2)o1. The molecule has 0 saturated heterocycles. The summed E-state index contributed by atoms with van der Waals surface area (Å²) in [5.41, 5.74) is 0. The van der Waals surface area contributed by atoms with Gasteiger partial charge in [0.05, 0.1) is 12.4 Å². The minimum absolute atomic E-state index is 0.247. The number of aryl methyl sites for hydroxylation is 1. The number of imidazole rings is 1. The monoisotopic (exact) mass is 219 g/mol. The topological polar surface area (TPSA) is 43.0 Å². The third-order valence-electron chi connectivity index (χ3n) is 2.57. The Morgan fingerprint density at radius 3 is 3.00 bits per heavy atom. The van der Waals surface area contributed by atoms with Gasteiger partial charge in [-0.3, -0.25) is 0 Å². The highest BCUT2D eigenvalue weighted by Crippen LogP contribution is 2.14. The van der Waals surface area contributed by atoms with Crippen molar-refractivity contribution in [1.82, 2.24) is 14.9 Å². The lowest BCUT2D eigenvalue weighted by molar-refractivity contribution is 0.410. The van der Waals surface area contributed by atoms with Gasteiger partial charge < -0.3 is 14.3 Å². The average molecular weight is 219 g/mol. The van der Waals surface area contributed by atoms with Crippen molar-refractivity contribution in [2.75, 3.05) is 6.54 Å². The van der Waals surface area contributed by atoms with Crippen LogP contribution in [0.15, 0.2) is 35.3 Å². The van der Waals surface area contributed by atoms with Crippen molar-refractivity contribution in [3.63, 3.8) is 0 Å². The Morgan fingerprint density at radius 2 is 2.38 bits per heavy atom. The van der Waals surface area contributed by atoms with Crippen LogP contribution in [0.5, 0.6) is 0 Å². The van der Waals surface area contributed by atoms with Gasteiger partial charge in [-0.1, -0.05) is 0 Å². The lowest BCUT2D eigenvalue weighted by atomic mass is 10.2. The first-order valence-corrected chi connectivity index (χ1v) is 5.51. The third kappa shape index (κ3) is 2.73. The van der Waals surface area contributed by atoms with E-state index in [4.69, 9.17) is 4.42 Å². The van der Waals surface area contributed by atoms with Crippen LogP contribution in [0.2, 0.25) is 0 Å². The lowest BCUT2D eigenvalue weighted by Gasteiger charge is -2.11. The molecule has 2 heterocycles. The Labute approximate surface area is 95.3 Å². The van der Waals surface area contributed by atoms with Crippen LogP contribution in [0.1, 0.15) is 24.5 Å². The Hall–Kier alpha value is -1.55. The van der Waals surface area contributed by atoms with Crippen LogP contribution in [0, 0.1) is 6.92 Å². The van der Waals surface area contributed by atoms with Gasteiger partial charge >= 0.3 is 0 Å². The van der Waals surface area contributed by atoms with Gasteiger partial charge in [0.15, 0.2) is 0 Å². The van der Waals surface area contributed by atoms with Crippen molar-refractivity contribution < 1.29 is 4.42 Å². The van der Waals surface area contributed by atoms with E-state index in [0.29, 0.717) is 0 Å². The second kappa shape index (κ2) is 4.99. The maximum absolute atomic E-state index is 5.55. The van der Waals surface area contributed by atoms with Crippen LogP contribution in [-0.2, 0) is 6.54 Å². The van der Waals surface area contributed by atoms with Crippen molar-refractivity contribution in [2.45, 2.75) is 26.4 Å². The van der Waals surface area contributed by atoms with Crippen LogP contribution < -0.4 is 5.32 Å². The molecule has 0 radical (unpaired) electrons. The van der Waals surface area contributed by atoms with Crippen molar-refractivity contribution in [3.8, 4) is 0 Å². The highest BCUT2D eigenvalue weighted by molar-refractivity contribution is 5.08. The molecule has 0 bridgehead atoms. The van der Waals surface area contributed by atoms with E-state index >= 15 is 0 Å². The Balaban J connectivity index is 1.78. The van der Waals surface area contributed by atoms with Gasteiger partial charge in [-0.15, -0.1) is 0 Å². The van der Waals surface area contributed by atoms with Gasteiger partial charge in [0.2, 0.25) is 0 Å². The number of aromatic nitrogens is 2. The summed E-state index contributed by atoms with van der Waals surface area (Å²) >= 11 is 0. The Morgan fingerprint density at radius 1 is 1.50 bits per heavy atom. The summed E-state index contributed by atoms with van der Waals surface area (Å²) in [6, 6.07) is 4.25. The summed E-state index contributed by atoms with van der Waals surface area (Å²) in [5, 5.41) is 3.41. The molecule has 1 unspecified atom stereocenters. The molecular weight excluding hydrogens is 202 g/mol. The molecule has 2 aromatic rings. The Bertz CT molecular complexity index is 419. The molecule has 1 N–H and O–H groups in total. The van der Waals surface area contributed by atoms with E-state index in [1.54, 1.807) is 6.20 Å². The largest absolute Gasteiger partial charge is 0.465 e. The average Bonchev–Trinajstić information content (AvgIpc) is 2.89. The molecule has 0 amide bonds. The molecule has 1 atom stereocenters. The lowest BCUT2D eigenvalue weighted by Crippen LogP contribution is -2.22. The zero-order valence-electron chi connectivity index (χ0n) is 9.68. The summed E-state index contributed by atoms with van der Waals surface area (Å²) < 4.78 is 7.60. The highest BCUT2D eigenvalue weighted by Gasteiger charge is 2.07. The van der Waals surface area contributed by atoms with E-state index in [1.165, 1.54) is 0 Å². The molecule has 0 aliphatic heterocycles. The predicted molar refractivity (Wildman–Crippen MR) is 62.1 cm³/mol. The molecule has 0 aromatic carbocycles. The molecule has 0 saturated carbocycles. The zero-order valence-corrected chi connectivity index (χ0v) is 9.68. The van der Waals surface area contributed by atoms with Crippen molar-refractivity contribution in [2.24, 2.45) is 0 Å². The second-order valence-electron chi connectivity index (χ2n) is 3.92. The molecule has 0 aliphatic carbocycles. The minimum Gasteiger partial charge on any atom is -0.465 e. The molecule has 0 aliphatic rings. The predicted octanol–water partition coefficient (Wildman–Crippen LogP) is 2.14. The van der Waals surface area contributed by atoms with Gasteiger partial charge in [0.1, 0.15) is 11.5 Å². The second-order valence-corrected chi connectivity index (χ2v) is 3.92. The number of furan rings is 1. The maximum atomic E-state index is 5.55. The number of nitrogens with one attached hydrogen (secondary N) is 1. The standard InChI is InChI=1S/C12H17N3O/c1-10-3-4-12(16-10)11(2)14-6-8-15-7-5-13-9-15/h3-5,7,9,11,14H,6,8H2,1-2H3. The third-order valence-corrected chi connectivity index (χ3v) is 2.57. The molecule has 0 spiro atoms. The molecule has 4 heteroatoms. The number of nitrogens with zero attached hydrogens (tertiary/aromatic N) is 2.